The predicted molar refractivity (Wildman–Crippen MR) is 114 cm³/mol. The van der Waals surface area contributed by atoms with Gasteiger partial charge in [0, 0.05) is 0 Å². The van der Waals surface area contributed by atoms with Crippen molar-refractivity contribution in [1.82, 2.24) is 0 Å². The zero-order chi connectivity index (χ0) is 20.5. The molecule has 0 radical (unpaired) electrons. The molecule has 1 aliphatic rings. The lowest BCUT2D eigenvalue weighted by Crippen LogP contribution is -2.35. The Labute approximate surface area is 167 Å². The quantitative estimate of drug-likeness (QED) is 0.504. The fraction of sp³-hybridized carbons (Fsp3) is 0.720. The van der Waals surface area contributed by atoms with Crippen molar-refractivity contribution < 1.29 is 9.53 Å². The Kier molecular flexibility index (Phi) is 6.49. The molecular formula is C25H40O2. The molecule has 27 heavy (non-hydrogen) atoms. The van der Waals surface area contributed by atoms with Crippen LogP contribution in [0.15, 0.2) is 24.3 Å². The smallest absolute Gasteiger partial charge is 0.338 e. The van der Waals surface area contributed by atoms with Crippen molar-refractivity contribution >= 4 is 5.97 Å². The summed E-state index contributed by atoms with van der Waals surface area (Å²) in [5, 5.41) is 0. The van der Waals surface area contributed by atoms with Gasteiger partial charge in [0.2, 0.25) is 0 Å². The normalized spacial score (nSPS) is 17.8. The van der Waals surface area contributed by atoms with Crippen molar-refractivity contribution in [2.24, 2.45) is 16.7 Å². The molecule has 152 valence electrons. The summed E-state index contributed by atoms with van der Waals surface area (Å²) in [7, 11) is 0. The average Bonchev–Trinajstić information content (AvgIpc) is 3.06. The molecule has 0 heterocycles. The van der Waals surface area contributed by atoms with Crippen LogP contribution < -0.4 is 0 Å². The maximum Gasteiger partial charge on any atom is 0.338 e. The molecule has 1 aromatic rings. The topological polar surface area (TPSA) is 26.3 Å². The van der Waals surface area contributed by atoms with Crippen molar-refractivity contribution in [3.8, 4) is 0 Å². The van der Waals surface area contributed by atoms with E-state index in [2.05, 4.69) is 67.5 Å². The van der Waals surface area contributed by atoms with E-state index in [1.165, 1.54) is 31.2 Å². The van der Waals surface area contributed by atoms with Crippen molar-refractivity contribution in [3.05, 3.63) is 35.4 Å². The van der Waals surface area contributed by atoms with Crippen LogP contribution in [0.4, 0.5) is 0 Å². The standard InChI is InChI=1S/C25H40O2/c1-23(2,3)17-21(24(4,5)6)18-13-15-19(16-14-18)22(26)27-25(7,8)20-11-9-10-12-20/h13-16,20-21H,9-12,17H2,1-8H3. The number of esters is 1. The van der Waals surface area contributed by atoms with Crippen LogP contribution in [0.2, 0.25) is 0 Å². The molecule has 0 aliphatic heterocycles. The van der Waals surface area contributed by atoms with E-state index in [9.17, 15) is 4.79 Å². The number of hydrogen-bond acceptors (Lipinski definition) is 2. The zero-order valence-electron chi connectivity index (χ0n) is 18.8. The van der Waals surface area contributed by atoms with Crippen LogP contribution in [-0.4, -0.2) is 11.6 Å². The Balaban J connectivity index is 2.14. The molecule has 0 bridgehead atoms. The van der Waals surface area contributed by atoms with Crippen molar-refractivity contribution in [2.75, 3.05) is 0 Å². The maximum absolute atomic E-state index is 12.7. The number of carbonyl (C=O) groups excluding carboxylic acids is 1. The fourth-order valence-electron chi connectivity index (χ4n) is 4.39. The Hall–Kier alpha value is -1.31. The van der Waals surface area contributed by atoms with E-state index in [1.54, 1.807) is 0 Å². The van der Waals surface area contributed by atoms with Crippen molar-refractivity contribution in [1.29, 1.82) is 0 Å². The largest absolute Gasteiger partial charge is 0.456 e. The first-order valence-electron chi connectivity index (χ1n) is 10.6. The second-order valence-electron chi connectivity index (χ2n) is 11.3. The van der Waals surface area contributed by atoms with Gasteiger partial charge in [0.15, 0.2) is 0 Å². The van der Waals surface area contributed by atoms with Crippen LogP contribution in [-0.2, 0) is 4.74 Å². The number of carbonyl (C=O) groups is 1. The minimum Gasteiger partial charge on any atom is -0.456 e. The van der Waals surface area contributed by atoms with E-state index in [0.717, 1.165) is 6.42 Å². The van der Waals surface area contributed by atoms with Crippen LogP contribution >= 0.6 is 0 Å². The van der Waals surface area contributed by atoms with Gasteiger partial charge in [0.05, 0.1) is 5.56 Å². The summed E-state index contributed by atoms with van der Waals surface area (Å²) in [6.45, 7) is 17.9. The molecule has 1 atom stereocenters. The lowest BCUT2D eigenvalue weighted by atomic mass is 9.69. The van der Waals surface area contributed by atoms with E-state index in [4.69, 9.17) is 4.74 Å². The SMILES string of the molecule is CC(C)(C)CC(c1ccc(C(=O)OC(C)(C)C2CCCC2)cc1)C(C)(C)C. The van der Waals surface area contributed by atoms with Gasteiger partial charge in [0.25, 0.3) is 0 Å². The highest BCUT2D eigenvalue weighted by Crippen LogP contribution is 2.43. The van der Waals surface area contributed by atoms with E-state index in [1.807, 2.05) is 12.1 Å². The minimum absolute atomic E-state index is 0.180. The summed E-state index contributed by atoms with van der Waals surface area (Å²) >= 11 is 0. The predicted octanol–water partition coefficient (Wildman–Crippen LogP) is 7.38. The third-order valence-electron chi connectivity index (χ3n) is 6.10. The number of benzene rings is 1. The van der Waals surface area contributed by atoms with Gasteiger partial charge in [-0.3, -0.25) is 0 Å². The van der Waals surface area contributed by atoms with Crippen molar-refractivity contribution in [3.63, 3.8) is 0 Å². The highest BCUT2D eigenvalue weighted by Gasteiger charge is 2.35. The highest BCUT2D eigenvalue weighted by atomic mass is 16.6. The molecule has 1 saturated carbocycles. The van der Waals surface area contributed by atoms with Crippen LogP contribution in [0.1, 0.15) is 109 Å². The van der Waals surface area contributed by atoms with E-state index in [-0.39, 0.29) is 22.4 Å². The lowest BCUT2D eigenvalue weighted by Gasteiger charge is -2.36. The Bertz CT molecular complexity index is 620. The molecular weight excluding hydrogens is 332 g/mol. The third-order valence-corrected chi connectivity index (χ3v) is 6.10. The van der Waals surface area contributed by atoms with Gasteiger partial charge in [-0.05, 0) is 73.5 Å². The van der Waals surface area contributed by atoms with Gasteiger partial charge in [-0.15, -0.1) is 0 Å². The van der Waals surface area contributed by atoms with E-state index >= 15 is 0 Å². The third kappa shape index (κ3) is 6.09. The Morgan fingerprint density at radius 3 is 1.93 bits per heavy atom. The molecule has 0 N–H and O–H groups in total. The van der Waals surface area contributed by atoms with Crippen LogP contribution in [0.25, 0.3) is 0 Å². The summed E-state index contributed by atoms with van der Waals surface area (Å²) in [6, 6.07) is 8.15. The van der Waals surface area contributed by atoms with Crippen LogP contribution in [0.5, 0.6) is 0 Å². The summed E-state index contributed by atoms with van der Waals surface area (Å²) in [4.78, 5) is 12.7. The Morgan fingerprint density at radius 2 is 1.48 bits per heavy atom. The van der Waals surface area contributed by atoms with E-state index < -0.39 is 0 Å². The molecule has 1 unspecified atom stereocenters. The highest BCUT2D eigenvalue weighted by molar-refractivity contribution is 5.89. The maximum atomic E-state index is 12.7. The van der Waals surface area contributed by atoms with Gasteiger partial charge < -0.3 is 4.74 Å². The Morgan fingerprint density at radius 1 is 0.963 bits per heavy atom. The monoisotopic (exact) mass is 372 g/mol. The van der Waals surface area contributed by atoms with Gasteiger partial charge >= 0.3 is 5.97 Å². The minimum atomic E-state index is -0.383. The van der Waals surface area contributed by atoms with Gasteiger partial charge in [-0.2, -0.15) is 0 Å². The average molecular weight is 373 g/mol. The van der Waals surface area contributed by atoms with Crippen molar-refractivity contribution in [2.45, 2.75) is 99.0 Å². The fourth-order valence-corrected chi connectivity index (χ4v) is 4.39. The van der Waals surface area contributed by atoms with Gasteiger partial charge in [-0.1, -0.05) is 66.5 Å². The first-order valence-corrected chi connectivity index (χ1v) is 10.6. The van der Waals surface area contributed by atoms with Crippen LogP contribution in [0.3, 0.4) is 0 Å². The first-order chi connectivity index (χ1) is 12.3. The molecule has 1 fully saturated rings. The molecule has 0 spiro atoms. The first kappa shape index (κ1) is 22.0. The molecule has 1 aromatic carbocycles. The summed E-state index contributed by atoms with van der Waals surface area (Å²) in [6.07, 6.45) is 5.96. The number of rotatable bonds is 5. The molecule has 0 saturated heterocycles. The molecule has 0 aromatic heterocycles. The zero-order valence-corrected chi connectivity index (χ0v) is 18.8. The summed E-state index contributed by atoms with van der Waals surface area (Å²) in [5.41, 5.74) is 2.03. The second kappa shape index (κ2) is 7.97. The van der Waals surface area contributed by atoms with Gasteiger partial charge in [0.1, 0.15) is 5.60 Å². The van der Waals surface area contributed by atoms with E-state index in [0.29, 0.717) is 17.4 Å². The molecule has 2 rings (SSSR count). The summed E-state index contributed by atoms with van der Waals surface area (Å²) in [5.74, 6) is 0.747. The molecule has 2 nitrogen and oxygen atoms in total. The molecule has 1 aliphatic carbocycles. The molecule has 0 amide bonds. The summed E-state index contributed by atoms with van der Waals surface area (Å²) < 4.78 is 5.92. The molecule has 2 heteroatoms. The lowest BCUT2D eigenvalue weighted by molar-refractivity contribution is -0.0285. The second-order valence-corrected chi connectivity index (χ2v) is 11.3. The van der Waals surface area contributed by atoms with Crippen LogP contribution in [0, 0.1) is 16.7 Å². The number of ether oxygens (including phenoxy) is 1. The van der Waals surface area contributed by atoms with Gasteiger partial charge in [-0.25, -0.2) is 4.79 Å². The number of hydrogen-bond donors (Lipinski definition) is 0.